The zero-order valence-corrected chi connectivity index (χ0v) is 12.7. The normalized spacial score (nSPS) is 7.05. The fourth-order valence-corrected chi connectivity index (χ4v) is 0. The third kappa shape index (κ3) is 76600. The van der Waals surface area contributed by atoms with Crippen molar-refractivity contribution in [3.05, 3.63) is 0 Å². The molecule has 0 atom stereocenters. The van der Waals surface area contributed by atoms with E-state index in [9.17, 15) is 0 Å². The van der Waals surface area contributed by atoms with Gasteiger partial charge >= 0.3 is 0 Å². The zero-order valence-electron chi connectivity index (χ0n) is 12.7. The van der Waals surface area contributed by atoms with Crippen LogP contribution in [0.2, 0.25) is 0 Å². The Hall–Kier alpha value is -2.24. The summed E-state index contributed by atoms with van der Waals surface area (Å²) in [4.78, 5) is 36.0. The first-order valence-corrected chi connectivity index (χ1v) is 5.25. The maximum absolute atomic E-state index is 9.00. The lowest BCUT2D eigenvalue weighted by atomic mass is 10.8. The van der Waals surface area contributed by atoms with Crippen molar-refractivity contribution < 1.29 is 39.6 Å². The van der Waals surface area contributed by atoms with E-state index in [1.165, 1.54) is 0 Å². The molecule has 0 fully saturated rings. The van der Waals surface area contributed by atoms with Gasteiger partial charge in [-0.25, -0.2) is 0 Å². The fourth-order valence-electron chi connectivity index (χ4n) is 0. The summed E-state index contributed by atoms with van der Waals surface area (Å²) in [5, 5.41) is 30.8. The van der Waals surface area contributed by atoms with Crippen LogP contribution in [0, 0.1) is 0 Å². The second-order valence-electron chi connectivity index (χ2n) is 2.91. The molecule has 0 aliphatic carbocycles. The quantitative estimate of drug-likeness (QED) is 0.266. The van der Waals surface area contributed by atoms with Gasteiger partial charge in [0.05, 0.1) is 0 Å². The number of nitrogens with zero attached hydrogens (tertiary/aromatic N) is 1. The van der Waals surface area contributed by atoms with Crippen LogP contribution in [0.5, 0.6) is 0 Å². The lowest BCUT2D eigenvalue weighted by Crippen LogP contribution is -2.37. The van der Waals surface area contributed by atoms with Crippen LogP contribution >= 0.6 is 0 Å². The number of aliphatic carboxylic acids is 4. The maximum Gasteiger partial charge on any atom is 0.300 e. The Morgan fingerprint density at radius 2 is 0.762 bits per heavy atom. The molecule has 11 heteroatoms. The number of carboxylic acids is 4. The highest BCUT2D eigenvalue weighted by Crippen LogP contribution is 1.51. The van der Waals surface area contributed by atoms with Crippen molar-refractivity contribution in [2.24, 2.45) is 11.7 Å². The fraction of sp³-hybridized carbons (Fsp3) is 0.600. The highest BCUT2D eigenvalue weighted by atomic mass is 16.4. The van der Waals surface area contributed by atoms with E-state index >= 15 is 0 Å². The minimum absolute atomic E-state index is 0.694. The average molecular weight is 315 g/mol. The van der Waals surface area contributed by atoms with Gasteiger partial charge in [-0.05, 0) is 6.92 Å². The van der Waals surface area contributed by atoms with E-state index in [0.29, 0.717) is 6.54 Å². The van der Waals surface area contributed by atoms with Crippen LogP contribution in [0.15, 0.2) is 0 Å². The number of rotatable bonds is 1. The van der Waals surface area contributed by atoms with Crippen LogP contribution < -0.4 is 11.7 Å². The van der Waals surface area contributed by atoms with Crippen molar-refractivity contribution >= 4 is 23.9 Å². The molecule has 0 unspecified atom stereocenters. The summed E-state index contributed by atoms with van der Waals surface area (Å²) < 4.78 is 0. The van der Waals surface area contributed by atoms with Crippen molar-refractivity contribution in [2.45, 2.75) is 34.6 Å². The van der Waals surface area contributed by atoms with Gasteiger partial charge in [0.25, 0.3) is 23.9 Å². The van der Waals surface area contributed by atoms with Gasteiger partial charge in [0, 0.05) is 34.2 Å². The summed E-state index contributed by atoms with van der Waals surface area (Å²) in [6, 6.07) is 0. The van der Waals surface area contributed by atoms with Gasteiger partial charge in [0.1, 0.15) is 0 Å². The standard InChI is InChI=1S/C2H9N3.4C2H4O2/c1-2-5(3)4;4*1-2(3)4/h2-4H2,1H3;4*1H3,(H,3,4). The van der Waals surface area contributed by atoms with Crippen molar-refractivity contribution in [3.63, 3.8) is 0 Å². The van der Waals surface area contributed by atoms with Gasteiger partial charge in [-0.15, -0.1) is 0 Å². The molecule has 0 amide bonds. The SMILES string of the molecule is CC(=O)O.CC(=O)O.CC(=O)O.CC(=O)O.CCN(N)N. The molecule has 11 nitrogen and oxygen atoms in total. The topological polar surface area (TPSA) is 204 Å². The van der Waals surface area contributed by atoms with E-state index < -0.39 is 23.9 Å². The van der Waals surface area contributed by atoms with Crippen LogP contribution in [0.25, 0.3) is 0 Å². The Morgan fingerprint density at radius 1 is 0.714 bits per heavy atom. The van der Waals surface area contributed by atoms with E-state index in [1.54, 1.807) is 0 Å². The van der Waals surface area contributed by atoms with E-state index in [4.69, 9.17) is 51.3 Å². The summed E-state index contributed by atoms with van der Waals surface area (Å²) in [6.07, 6.45) is 0. The Balaban J connectivity index is -0.0000000510. The molecule has 0 bridgehead atoms. The highest BCUT2D eigenvalue weighted by Gasteiger charge is 1.72. The van der Waals surface area contributed by atoms with Crippen LogP contribution in [0.1, 0.15) is 34.6 Å². The molecule has 0 saturated heterocycles. The lowest BCUT2D eigenvalue weighted by Gasteiger charge is -2.00. The molecular formula is C10H25N3O8. The van der Waals surface area contributed by atoms with E-state index in [1.807, 2.05) is 6.92 Å². The molecule has 0 spiro atoms. The van der Waals surface area contributed by atoms with Gasteiger partial charge in [-0.3, -0.25) is 30.9 Å². The van der Waals surface area contributed by atoms with Crippen molar-refractivity contribution in [2.75, 3.05) is 6.54 Å². The molecule has 0 saturated carbocycles. The van der Waals surface area contributed by atoms with Gasteiger partial charge in [-0.2, -0.15) is 5.12 Å². The second kappa shape index (κ2) is 26.3. The van der Waals surface area contributed by atoms with Gasteiger partial charge < -0.3 is 20.4 Å². The number of carbonyl (C=O) groups is 4. The van der Waals surface area contributed by atoms with E-state index in [0.717, 1.165) is 32.8 Å². The van der Waals surface area contributed by atoms with Crippen LogP contribution in [0.3, 0.4) is 0 Å². The van der Waals surface area contributed by atoms with Crippen molar-refractivity contribution in [3.8, 4) is 0 Å². The largest absolute Gasteiger partial charge is 0.481 e. The van der Waals surface area contributed by atoms with Crippen molar-refractivity contribution in [1.82, 2.24) is 5.12 Å². The first-order chi connectivity index (χ1) is 9.20. The minimum atomic E-state index is -0.833. The molecule has 0 rings (SSSR count). The number of hydrogen-bond donors (Lipinski definition) is 6. The number of hydrogen-bond acceptors (Lipinski definition) is 7. The first-order valence-electron chi connectivity index (χ1n) is 5.25. The average Bonchev–Trinajstić information content (AvgIpc) is 2.13. The molecule has 0 aromatic heterocycles. The second-order valence-corrected chi connectivity index (χ2v) is 2.91. The third-order valence-electron chi connectivity index (χ3n) is 0.365. The third-order valence-corrected chi connectivity index (χ3v) is 0.365. The Morgan fingerprint density at radius 3 is 0.762 bits per heavy atom. The molecular weight excluding hydrogens is 290 g/mol. The molecule has 0 heterocycles. The van der Waals surface area contributed by atoms with Crippen LogP contribution in [-0.2, 0) is 19.2 Å². The smallest absolute Gasteiger partial charge is 0.300 e. The summed E-state index contributed by atoms with van der Waals surface area (Å²) in [5.41, 5.74) is 0. The van der Waals surface area contributed by atoms with E-state index in [2.05, 4.69) is 0 Å². The molecule has 0 aromatic rings. The van der Waals surface area contributed by atoms with E-state index in [-0.39, 0.29) is 0 Å². The van der Waals surface area contributed by atoms with Crippen LogP contribution in [0.4, 0.5) is 0 Å². The molecule has 0 aliphatic heterocycles. The Bertz CT molecular complexity index is 217. The summed E-state index contributed by atoms with van der Waals surface area (Å²) in [6.45, 7) is 6.90. The maximum atomic E-state index is 9.00. The monoisotopic (exact) mass is 315 g/mol. The van der Waals surface area contributed by atoms with Crippen molar-refractivity contribution in [1.29, 1.82) is 0 Å². The predicted octanol–water partition coefficient (Wildman–Crippen LogP) is -0.581. The first kappa shape index (κ1) is 31.3. The van der Waals surface area contributed by atoms with Crippen LogP contribution in [-0.4, -0.2) is 56.0 Å². The molecule has 8 N–H and O–H groups in total. The predicted molar refractivity (Wildman–Crippen MR) is 74.0 cm³/mol. The number of nitrogens with two attached hydrogens (primary N) is 2. The molecule has 0 aromatic carbocycles. The molecule has 0 radical (unpaired) electrons. The highest BCUT2D eigenvalue weighted by molar-refractivity contribution is 5.63. The molecule has 0 aliphatic rings. The molecule has 128 valence electrons. The summed E-state index contributed by atoms with van der Waals surface area (Å²) in [7, 11) is 0. The number of hydrazine groups is 2. The van der Waals surface area contributed by atoms with Gasteiger partial charge in [-0.1, -0.05) is 0 Å². The minimum Gasteiger partial charge on any atom is -0.481 e. The summed E-state index contributed by atoms with van der Waals surface area (Å²) >= 11 is 0. The molecule has 21 heavy (non-hydrogen) atoms. The lowest BCUT2D eigenvalue weighted by molar-refractivity contribution is -0.135. The Kier molecular flexibility index (Phi) is 39.2. The number of carboxylic acid groups (broad SMARTS) is 4. The summed E-state index contributed by atoms with van der Waals surface area (Å²) in [5.74, 6) is 6.47. The van der Waals surface area contributed by atoms with Gasteiger partial charge in [0.2, 0.25) is 0 Å². The Labute approximate surface area is 122 Å². The van der Waals surface area contributed by atoms with Gasteiger partial charge in [0.15, 0.2) is 0 Å². The zero-order chi connectivity index (χ0) is 18.6.